The normalized spacial score (nSPS) is 13.4. The number of allylic oxidation sites excluding steroid dienone is 2. The van der Waals surface area contributed by atoms with Crippen LogP contribution < -0.4 is 15.2 Å². The van der Waals surface area contributed by atoms with Gasteiger partial charge in [-0.25, -0.2) is 4.79 Å². The fourth-order valence-corrected chi connectivity index (χ4v) is 3.20. The molecule has 2 amide bonds. The maximum Gasteiger partial charge on any atom is 0.331 e. The average Bonchev–Trinajstić information content (AvgIpc) is 2.78. The first-order chi connectivity index (χ1) is 14.9. The smallest absolute Gasteiger partial charge is 0.331 e. The Morgan fingerprint density at radius 1 is 1.16 bits per heavy atom. The minimum Gasteiger partial charge on any atom is -0.493 e. The summed E-state index contributed by atoms with van der Waals surface area (Å²) in [5.41, 5.74) is 6.76. The molecule has 1 aliphatic carbocycles. The highest BCUT2D eigenvalue weighted by Gasteiger charge is 2.19. The number of rotatable bonds is 11. The van der Waals surface area contributed by atoms with Gasteiger partial charge in [-0.2, -0.15) is 0 Å². The molecule has 168 valence electrons. The largest absolute Gasteiger partial charge is 0.493 e. The SMILES string of the molecule is CCCN(C(=O)COC(=O)/C=C/c1ccc(OCC(N)=O)c(OC)c1)C1=CCCCC1. The van der Waals surface area contributed by atoms with Gasteiger partial charge in [0.1, 0.15) is 0 Å². The van der Waals surface area contributed by atoms with Crippen molar-refractivity contribution in [3.8, 4) is 11.5 Å². The number of carbonyl (C=O) groups is 3. The van der Waals surface area contributed by atoms with Crippen molar-refractivity contribution in [1.82, 2.24) is 4.90 Å². The van der Waals surface area contributed by atoms with Crippen LogP contribution in [0.15, 0.2) is 36.0 Å². The summed E-state index contributed by atoms with van der Waals surface area (Å²) >= 11 is 0. The lowest BCUT2D eigenvalue weighted by Crippen LogP contribution is -2.35. The van der Waals surface area contributed by atoms with Crippen LogP contribution in [0.25, 0.3) is 6.08 Å². The van der Waals surface area contributed by atoms with Gasteiger partial charge in [0, 0.05) is 18.3 Å². The Bertz CT molecular complexity index is 846. The molecule has 31 heavy (non-hydrogen) atoms. The number of esters is 1. The molecule has 0 atom stereocenters. The molecule has 1 aromatic rings. The fourth-order valence-electron chi connectivity index (χ4n) is 3.20. The lowest BCUT2D eigenvalue weighted by atomic mass is 10.0. The fraction of sp³-hybridized carbons (Fsp3) is 0.435. The Hall–Kier alpha value is -3.29. The molecule has 0 aliphatic heterocycles. The molecule has 0 heterocycles. The third kappa shape index (κ3) is 7.81. The van der Waals surface area contributed by atoms with E-state index in [0.29, 0.717) is 23.6 Å². The molecular formula is C23H30N2O6. The van der Waals surface area contributed by atoms with Crippen molar-refractivity contribution in [3.63, 3.8) is 0 Å². The van der Waals surface area contributed by atoms with Crippen molar-refractivity contribution in [2.45, 2.75) is 39.0 Å². The molecular weight excluding hydrogens is 400 g/mol. The first-order valence-corrected chi connectivity index (χ1v) is 10.4. The van der Waals surface area contributed by atoms with Gasteiger partial charge in [0.25, 0.3) is 11.8 Å². The summed E-state index contributed by atoms with van der Waals surface area (Å²) < 4.78 is 15.6. The van der Waals surface area contributed by atoms with E-state index in [-0.39, 0.29) is 19.1 Å². The second-order valence-corrected chi connectivity index (χ2v) is 7.09. The molecule has 2 N–H and O–H groups in total. The second-order valence-electron chi connectivity index (χ2n) is 7.09. The van der Waals surface area contributed by atoms with Gasteiger partial charge in [0.2, 0.25) is 0 Å². The number of benzene rings is 1. The lowest BCUT2D eigenvalue weighted by molar-refractivity contribution is -0.147. The highest BCUT2D eigenvalue weighted by atomic mass is 16.5. The van der Waals surface area contributed by atoms with Crippen LogP contribution in [0, 0.1) is 0 Å². The summed E-state index contributed by atoms with van der Waals surface area (Å²) in [5.74, 6) is -0.673. The van der Waals surface area contributed by atoms with Crippen molar-refractivity contribution >= 4 is 23.9 Å². The maximum atomic E-state index is 12.6. The molecule has 0 spiro atoms. The highest BCUT2D eigenvalue weighted by molar-refractivity contribution is 5.89. The second kappa shape index (κ2) is 12.4. The molecule has 1 aliphatic rings. The van der Waals surface area contributed by atoms with Crippen LogP contribution in [0.3, 0.4) is 0 Å². The summed E-state index contributed by atoms with van der Waals surface area (Å²) in [4.78, 5) is 37.2. The van der Waals surface area contributed by atoms with Crippen molar-refractivity contribution < 1.29 is 28.6 Å². The van der Waals surface area contributed by atoms with Crippen LogP contribution >= 0.6 is 0 Å². The van der Waals surface area contributed by atoms with E-state index >= 15 is 0 Å². The zero-order valence-electron chi connectivity index (χ0n) is 18.1. The molecule has 0 bridgehead atoms. The molecule has 0 radical (unpaired) electrons. The third-order valence-electron chi connectivity index (χ3n) is 4.67. The van der Waals surface area contributed by atoms with Gasteiger partial charge in [0.15, 0.2) is 24.7 Å². The van der Waals surface area contributed by atoms with Crippen LogP contribution in [-0.4, -0.2) is 49.6 Å². The molecule has 0 fully saturated rings. The van der Waals surface area contributed by atoms with E-state index in [1.807, 2.05) is 6.92 Å². The number of nitrogens with two attached hydrogens (primary N) is 1. The Labute approximate surface area is 182 Å². The number of hydrogen-bond donors (Lipinski definition) is 1. The lowest BCUT2D eigenvalue weighted by Gasteiger charge is -2.27. The van der Waals surface area contributed by atoms with Gasteiger partial charge >= 0.3 is 5.97 Å². The first kappa shape index (κ1) is 24.0. The summed E-state index contributed by atoms with van der Waals surface area (Å²) in [6.45, 7) is 2.06. The predicted molar refractivity (Wildman–Crippen MR) is 116 cm³/mol. The number of ether oxygens (including phenoxy) is 3. The molecule has 0 unspecified atom stereocenters. The summed E-state index contributed by atoms with van der Waals surface area (Å²) in [6.07, 6.45) is 9.78. The van der Waals surface area contributed by atoms with Crippen LogP contribution in [0.5, 0.6) is 11.5 Å². The topological polar surface area (TPSA) is 108 Å². The molecule has 8 heteroatoms. The number of methoxy groups -OCH3 is 1. The van der Waals surface area contributed by atoms with Crippen LogP contribution in [0.2, 0.25) is 0 Å². The van der Waals surface area contributed by atoms with Crippen molar-refractivity contribution in [3.05, 3.63) is 41.6 Å². The monoisotopic (exact) mass is 430 g/mol. The number of primary amides is 1. The molecule has 1 aromatic carbocycles. The van der Waals surface area contributed by atoms with E-state index in [1.54, 1.807) is 29.2 Å². The third-order valence-corrected chi connectivity index (χ3v) is 4.67. The standard InChI is InChI=1S/C23H30N2O6/c1-3-13-25(18-7-5-4-6-8-18)22(27)16-31-23(28)12-10-17-9-11-19(20(14-17)29-2)30-15-21(24)26/h7,9-12,14H,3-6,8,13,15-16H2,1-2H3,(H2,24,26)/b12-10+. The zero-order valence-corrected chi connectivity index (χ0v) is 18.1. The van der Waals surface area contributed by atoms with E-state index in [0.717, 1.165) is 37.8 Å². The van der Waals surface area contributed by atoms with Crippen molar-refractivity contribution in [2.24, 2.45) is 5.73 Å². The van der Waals surface area contributed by atoms with Gasteiger partial charge in [0.05, 0.1) is 7.11 Å². The quantitative estimate of drug-likeness (QED) is 0.427. The minimum atomic E-state index is -0.615. The first-order valence-electron chi connectivity index (χ1n) is 10.4. The summed E-state index contributed by atoms with van der Waals surface area (Å²) in [6, 6.07) is 4.94. The van der Waals surface area contributed by atoms with E-state index in [9.17, 15) is 14.4 Å². The Kier molecular flexibility index (Phi) is 9.61. The Balaban J connectivity index is 1.93. The van der Waals surface area contributed by atoms with E-state index < -0.39 is 11.9 Å². The van der Waals surface area contributed by atoms with E-state index in [4.69, 9.17) is 19.9 Å². The highest BCUT2D eigenvalue weighted by Crippen LogP contribution is 2.28. The van der Waals surface area contributed by atoms with Gasteiger partial charge in [-0.3, -0.25) is 9.59 Å². The number of hydrogen-bond acceptors (Lipinski definition) is 6. The van der Waals surface area contributed by atoms with Crippen LogP contribution in [-0.2, 0) is 19.1 Å². The molecule has 0 saturated carbocycles. The molecule has 8 nitrogen and oxygen atoms in total. The number of nitrogens with zero attached hydrogens (tertiary/aromatic N) is 1. The molecule has 2 rings (SSSR count). The van der Waals surface area contributed by atoms with Crippen molar-refractivity contribution in [2.75, 3.05) is 26.9 Å². The maximum absolute atomic E-state index is 12.6. The average molecular weight is 431 g/mol. The Morgan fingerprint density at radius 2 is 1.97 bits per heavy atom. The van der Waals surface area contributed by atoms with Gasteiger partial charge in [-0.15, -0.1) is 0 Å². The van der Waals surface area contributed by atoms with Crippen LogP contribution in [0.1, 0.15) is 44.6 Å². The van der Waals surface area contributed by atoms with E-state index in [2.05, 4.69) is 6.08 Å². The van der Waals surface area contributed by atoms with Crippen LogP contribution in [0.4, 0.5) is 0 Å². The molecule has 0 saturated heterocycles. The van der Waals surface area contributed by atoms with Gasteiger partial charge in [-0.1, -0.05) is 19.1 Å². The molecule has 0 aromatic heterocycles. The summed E-state index contributed by atoms with van der Waals surface area (Å²) in [5, 5.41) is 0. The van der Waals surface area contributed by atoms with Gasteiger partial charge in [-0.05, 0) is 55.9 Å². The zero-order chi connectivity index (χ0) is 22.6. The van der Waals surface area contributed by atoms with Gasteiger partial charge < -0.3 is 24.8 Å². The number of carbonyl (C=O) groups excluding carboxylic acids is 3. The predicted octanol–water partition coefficient (Wildman–Crippen LogP) is 2.81. The van der Waals surface area contributed by atoms with E-state index in [1.165, 1.54) is 13.2 Å². The summed E-state index contributed by atoms with van der Waals surface area (Å²) in [7, 11) is 1.46. The minimum absolute atomic E-state index is 0.214. The Morgan fingerprint density at radius 3 is 2.61 bits per heavy atom. The number of amides is 2. The van der Waals surface area contributed by atoms with Crippen molar-refractivity contribution in [1.29, 1.82) is 0 Å².